The van der Waals surface area contributed by atoms with Crippen molar-refractivity contribution in [2.24, 2.45) is 0 Å². The molecule has 0 atom stereocenters. The lowest BCUT2D eigenvalue weighted by molar-refractivity contribution is 0.201. The summed E-state index contributed by atoms with van der Waals surface area (Å²) >= 11 is -0.776. The summed E-state index contributed by atoms with van der Waals surface area (Å²) in [4.78, 5) is 12.5. The van der Waals surface area contributed by atoms with Crippen molar-refractivity contribution in [1.82, 2.24) is 0 Å². The highest BCUT2D eigenvalue weighted by molar-refractivity contribution is 7.91. The number of carbonyl (C=O) groups is 1. The molecule has 1 heterocycles. The van der Waals surface area contributed by atoms with Crippen LogP contribution in [0.1, 0.15) is 43.2 Å². The summed E-state index contributed by atoms with van der Waals surface area (Å²) in [6.07, 6.45) is 1.05. The second-order valence-electron chi connectivity index (χ2n) is 5.67. The maximum absolute atomic E-state index is 14.7. The molecule has 122 valence electrons. The van der Waals surface area contributed by atoms with Crippen LogP contribution in [-0.4, -0.2) is 33.8 Å². The normalized spacial score (nSPS) is 21.6. The zero-order chi connectivity index (χ0) is 16.3. The summed E-state index contributed by atoms with van der Waals surface area (Å²) in [6.45, 7) is 3.86. The molecule has 1 amide bonds. The van der Waals surface area contributed by atoms with Gasteiger partial charge >= 0.3 is 6.09 Å². The number of hydrogen-bond acceptors (Lipinski definition) is 2. The summed E-state index contributed by atoms with van der Waals surface area (Å²) in [5.41, 5.74) is 1.41. The molecule has 1 aliphatic rings. The highest BCUT2D eigenvalue weighted by Gasteiger charge is 2.27. The average molecular weight is 327 g/mol. The van der Waals surface area contributed by atoms with Gasteiger partial charge in [0, 0.05) is 12.1 Å². The van der Waals surface area contributed by atoms with E-state index in [1.54, 1.807) is 19.1 Å². The predicted octanol–water partition coefficient (Wildman–Crippen LogP) is 3.65. The lowest BCUT2D eigenvalue weighted by Gasteiger charge is -2.27. The van der Waals surface area contributed by atoms with Gasteiger partial charge in [0.2, 0.25) is 0 Å². The number of hydrogen-bond donors (Lipinski definition) is 1. The molecule has 0 bridgehead atoms. The van der Waals surface area contributed by atoms with Crippen LogP contribution in [0.2, 0.25) is 0 Å². The molecule has 0 spiro atoms. The molecule has 22 heavy (non-hydrogen) atoms. The van der Waals surface area contributed by atoms with E-state index in [2.05, 4.69) is 0 Å². The van der Waals surface area contributed by atoms with Gasteiger partial charge in [-0.1, -0.05) is 24.2 Å². The molecular formula is C16H22FNO3S. The van der Waals surface area contributed by atoms with Crippen molar-refractivity contribution in [2.45, 2.75) is 39.0 Å². The van der Waals surface area contributed by atoms with E-state index in [0.29, 0.717) is 41.3 Å². The van der Waals surface area contributed by atoms with E-state index < -0.39 is 17.3 Å². The Hall–Kier alpha value is -1.27. The number of halogens is 1. The second kappa shape index (κ2) is 7.33. The first kappa shape index (κ1) is 17.1. The van der Waals surface area contributed by atoms with Crippen molar-refractivity contribution in [3.05, 3.63) is 29.1 Å². The van der Waals surface area contributed by atoms with Crippen LogP contribution in [0.3, 0.4) is 0 Å². The first-order valence-electron chi connectivity index (χ1n) is 7.60. The molecule has 2 rings (SSSR count). The van der Waals surface area contributed by atoms with Crippen LogP contribution in [0.25, 0.3) is 0 Å². The minimum atomic E-state index is -1.06. The van der Waals surface area contributed by atoms with Crippen molar-refractivity contribution in [3.8, 4) is 0 Å². The summed E-state index contributed by atoms with van der Waals surface area (Å²) < 4.78 is 26.1. The van der Waals surface area contributed by atoms with Crippen LogP contribution in [0.15, 0.2) is 12.1 Å². The molecule has 6 heteroatoms. The van der Waals surface area contributed by atoms with E-state index >= 15 is 0 Å². The Bertz CT molecular complexity index is 544. The summed E-state index contributed by atoms with van der Waals surface area (Å²) in [5, 5.41) is 9.29. The van der Waals surface area contributed by atoms with Gasteiger partial charge in [-0.15, -0.1) is 0 Å². The van der Waals surface area contributed by atoms with Gasteiger partial charge in [-0.05, 0) is 43.7 Å². The van der Waals surface area contributed by atoms with E-state index in [9.17, 15) is 18.8 Å². The number of nitrogens with zero attached hydrogens (tertiary/aromatic N) is 1. The van der Waals surface area contributed by atoms with Crippen molar-refractivity contribution in [1.29, 1.82) is 0 Å². The highest BCUT2D eigenvalue weighted by Crippen LogP contribution is 2.35. The van der Waals surface area contributed by atoms with E-state index in [1.807, 2.05) is 6.92 Å². The smallest absolute Gasteiger partial charge is 0.411 e. The first-order valence-corrected chi connectivity index (χ1v) is 9.09. The van der Waals surface area contributed by atoms with Crippen LogP contribution < -0.4 is 4.90 Å². The maximum atomic E-state index is 14.7. The van der Waals surface area contributed by atoms with Crippen LogP contribution in [0.4, 0.5) is 14.9 Å². The molecule has 0 unspecified atom stereocenters. The Labute approximate surface area is 133 Å². The molecule has 1 fully saturated rings. The Kier molecular flexibility index (Phi) is 5.69. The van der Waals surface area contributed by atoms with E-state index in [-0.39, 0.29) is 11.7 Å². The Morgan fingerprint density at radius 3 is 2.64 bits per heavy atom. The fourth-order valence-electron chi connectivity index (χ4n) is 2.95. The molecule has 0 saturated carbocycles. The number of anilines is 1. The van der Waals surface area contributed by atoms with Gasteiger partial charge in [-0.2, -0.15) is 0 Å². The molecule has 1 N–H and O–H groups in total. The minimum absolute atomic E-state index is 0.0786. The zero-order valence-electron chi connectivity index (χ0n) is 13.0. The Morgan fingerprint density at radius 2 is 2.09 bits per heavy atom. The van der Waals surface area contributed by atoms with Gasteiger partial charge in [0.05, 0.1) is 5.69 Å². The molecule has 0 aliphatic carbocycles. The monoisotopic (exact) mass is 327 g/mol. The fourth-order valence-corrected chi connectivity index (χ4v) is 4.25. The third-order valence-corrected chi connectivity index (χ3v) is 5.57. The van der Waals surface area contributed by atoms with Crippen molar-refractivity contribution >= 4 is 23.0 Å². The third-order valence-electron chi connectivity index (χ3n) is 4.18. The fraction of sp³-hybridized carbons (Fsp3) is 0.562. The quantitative estimate of drug-likeness (QED) is 0.859. The average Bonchev–Trinajstić information content (AvgIpc) is 2.49. The van der Waals surface area contributed by atoms with E-state index in [1.165, 1.54) is 4.90 Å². The van der Waals surface area contributed by atoms with Crippen molar-refractivity contribution < 1.29 is 18.8 Å². The summed E-state index contributed by atoms with van der Waals surface area (Å²) in [5.74, 6) is 0.983. The lowest BCUT2D eigenvalue weighted by Crippen LogP contribution is -2.31. The minimum Gasteiger partial charge on any atom is -0.616 e. The third kappa shape index (κ3) is 3.55. The van der Waals surface area contributed by atoms with Gasteiger partial charge in [0.1, 0.15) is 17.3 Å². The zero-order valence-corrected chi connectivity index (χ0v) is 13.8. The standard InChI is InChI=1S/C16H22FNO3S/c1-3-8-18(16(19)20)14-5-4-13(15(17)11(14)2)12-6-9-22(21)10-7-12/h4-5,12H,3,6-10H2,1-2H3,(H,19,20)/t12-,22+. The Balaban J connectivity index is 2.30. The molecule has 4 nitrogen and oxygen atoms in total. The number of benzene rings is 1. The molecule has 1 saturated heterocycles. The molecule has 0 radical (unpaired) electrons. The van der Waals surface area contributed by atoms with Crippen LogP contribution in [-0.2, 0) is 11.2 Å². The lowest BCUT2D eigenvalue weighted by atomic mass is 9.91. The van der Waals surface area contributed by atoms with Crippen LogP contribution >= 0.6 is 0 Å². The highest BCUT2D eigenvalue weighted by atomic mass is 32.2. The van der Waals surface area contributed by atoms with Gasteiger partial charge in [-0.25, -0.2) is 9.18 Å². The van der Waals surface area contributed by atoms with Gasteiger partial charge in [0.25, 0.3) is 0 Å². The molecule has 0 aromatic heterocycles. The SMILES string of the molecule is CCCN(C(=O)O)c1ccc([C@H]2CC[S@@+]([O-])CC2)c(F)c1C. The Morgan fingerprint density at radius 1 is 1.45 bits per heavy atom. The largest absolute Gasteiger partial charge is 0.616 e. The van der Waals surface area contributed by atoms with Crippen molar-refractivity contribution in [2.75, 3.05) is 23.0 Å². The van der Waals surface area contributed by atoms with Gasteiger partial charge < -0.3 is 9.66 Å². The maximum Gasteiger partial charge on any atom is 0.411 e. The first-order chi connectivity index (χ1) is 10.5. The topological polar surface area (TPSA) is 63.6 Å². The molecule has 1 aromatic carbocycles. The van der Waals surface area contributed by atoms with Gasteiger partial charge in [-0.3, -0.25) is 4.90 Å². The van der Waals surface area contributed by atoms with E-state index in [4.69, 9.17) is 0 Å². The number of rotatable bonds is 4. The van der Waals surface area contributed by atoms with Crippen molar-refractivity contribution in [3.63, 3.8) is 0 Å². The summed E-state index contributed by atoms with van der Waals surface area (Å²) in [6, 6.07) is 3.39. The number of carboxylic acid groups (broad SMARTS) is 1. The van der Waals surface area contributed by atoms with Gasteiger partial charge in [0.15, 0.2) is 0 Å². The second-order valence-corrected chi connectivity index (χ2v) is 7.37. The molecular weight excluding hydrogens is 305 g/mol. The van der Waals surface area contributed by atoms with Crippen LogP contribution in [0.5, 0.6) is 0 Å². The molecule has 1 aliphatic heterocycles. The summed E-state index contributed by atoms with van der Waals surface area (Å²) in [7, 11) is 0. The predicted molar refractivity (Wildman–Crippen MR) is 86.7 cm³/mol. The number of amides is 1. The molecule has 1 aromatic rings. The van der Waals surface area contributed by atoms with E-state index in [0.717, 1.165) is 12.8 Å². The van der Waals surface area contributed by atoms with Crippen LogP contribution in [0, 0.1) is 12.7 Å².